The van der Waals surface area contributed by atoms with E-state index in [-0.39, 0.29) is 6.04 Å². The third kappa shape index (κ3) is 4.05. The molecule has 0 amide bonds. The van der Waals surface area contributed by atoms with Crippen LogP contribution in [0.4, 0.5) is 0 Å². The Bertz CT molecular complexity index is 551. The first-order valence-electron chi connectivity index (χ1n) is 6.34. The van der Waals surface area contributed by atoms with Gasteiger partial charge in [-0.3, -0.25) is 4.79 Å². The van der Waals surface area contributed by atoms with Gasteiger partial charge in [0.15, 0.2) is 9.84 Å². The van der Waals surface area contributed by atoms with Gasteiger partial charge in [-0.05, 0) is 26.5 Å². The van der Waals surface area contributed by atoms with Crippen molar-refractivity contribution in [1.29, 1.82) is 0 Å². The zero-order valence-corrected chi connectivity index (χ0v) is 13.0. The van der Waals surface area contributed by atoms with Crippen LogP contribution < -0.4 is 5.32 Å². The number of methoxy groups -OCH3 is 1. The Morgan fingerprint density at radius 1 is 1.30 bits per heavy atom. The molecule has 1 aromatic carbocycles. The highest BCUT2D eigenvalue weighted by atomic mass is 32.2. The lowest BCUT2D eigenvalue weighted by Crippen LogP contribution is -2.36. The van der Waals surface area contributed by atoms with Crippen molar-refractivity contribution in [3.8, 4) is 0 Å². The van der Waals surface area contributed by atoms with Gasteiger partial charge in [0.25, 0.3) is 0 Å². The minimum absolute atomic E-state index is 0.370. The second kappa shape index (κ2) is 6.85. The molecule has 0 radical (unpaired) electrons. The number of hydrogen-bond donors (Lipinski definition) is 1. The third-order valence-corrected chi connectivity index (χ3v) is 5.37. The first-order valence-corrected chi connectivity index (χ1v) is 8.05. The fraction of sp³-hybridized carbons (Fsp3) is 0.500. The maximum Gasteiger partial charge on any atom is 0.320 e. The van der Waals surface area contributed by atoms with E-state index in [0.29, 0.717) is 0 Å². The number of ether oxygens (including phenoxy) is 1. The smallest absolute Gasteiger partial charge is 0.320 e. The summed E-state index contributed by atoms with van der Waals surface area (Å²) in [6.07, 6.45) is 0. The molecular formula is C14H21NO4S. The average molecular weight is 299 g/mol. The minimum atomic E-state index is -3.58. The van der Waals surface area contributed by atoms with E-state index >= 15 is 0 Å². The molecule has 1 N–H and O–H groups in total. The molecule has 2 unspecified atom stereocenters. The normalized spacial score (nSPS) is 14.6. The van der Waals surface area contributed by atoms with E-state index in [1.807, 2.05) is 31.2 Å². The predicted octanol–water partition coefficient (Wildman–Crippen LogP) is 1.23. The number of hydrogen-bond acceptors (Lipinski definition) is 5. The van der Waals surface area contributed by atoms with E-state index in [9.17, 15) is 13.2 Å². The molecule has 6 heteroatoms. The van der Waals surface area contributed by atoms with Crippen LogP contribution in [0.5, 0.6) is 0 Å². The molecule has 1 rings (SSSR count). The topological polar surface area (TPSA) is 72.5 Å². The summed E-state index contributed by atoms with van der Waals surface area (Å²) in [4.78, 5) is 11.2. The molecule has 0 saturated heterocycles. The molecule has 0 heterocycles. The Kier molecular flexibility index (Phi) is 5.71. The van der Waals surface area contributed by atoms with Crippen LogP contribution in [0.3, 0.4) is 0 Å². The lowest BCUT2D eigenvalue weighted by molar-refractivity contribution is -0.137. The van der Waals surface area contributed by atoms with Crippen LogP contribution in [0, 0.1) is 6.92 Å². The van der Waals surface area contributed by atoms with Crippen LogP contribution in [0.25, 0.3) is 0 Å². The average Bonchev–Trinajstić information content (AvgIpc) is 2.41. The molecule has 2 atom stereocenters. The van der Waals surface area contributed by atoms with E-state index < -0.39 is 26.8 Å². The Labute approximate surface area is 120 Å². The summed E-state index contributed by atoms with van der Waals surface area (Å²) in [7, 11) is -0.697. The van der Waals surface area contributed by atoms with Crippen molar-refractivity contribution >= 4 is 15.8 Å². The summed E-state index contributed by atoms with van der Waals surface area (Å²) in [5.74, 6) is -1.34. The highest BCUT2D eigenvalue weighted by Gasteiger charge is 2.31. The van der Waals surface area contributed by atoms with Gasteiger partial charge in [-0.15, -0.1) is 0 Å². The molecule has 0 aliphatic rings. The summed E-state index contributed by atoms with van der Waals surface area (Å²) >= 11 is 0. The van der Waals surface area contributed by atoms with Gasteiger partial charge in [0.1, 0.15) is 5.75 Å². The summed E-state index contributed by atoms with van der Waals surface area (Å²) in [6.45, 7) is 3.56. The van der Waals surface area contributed by atoms with E-state index in [2.05, 4.69) is 10.1 Å². The SMILES string of the molecule is CNC(c1ccc(C)cc1)C(C)S(=O)(=O)CC(=O)OC. The maximum absolute atomic E-state index is 12.2. The van der Waals surface area contributed by atoms with Crippen molar-refractivity contribution < 1.29 is 17.9 Å². The molecule has 5 nitrogen and oxygen atoms in total. The molecule has 1 aromatic rings. The Hall–Kier alpha value is -1.40. The molecule has 112 valence electrons. The number of benzene rings is 1. The number of nitrogens with one attached hydrogen (secondary N) is 1. The zero-order valence-electron chi connectivity index (χ0n) is 12.2. The van der Waals surface area contributed by atoms with Gasteiger partial charge < -0.3 is 10.1 Å². The molecular weight excluding hydrogens is 278 g/mol. The monoisotopic (exact) mass is 299 g/mol. The Morgan fingerprint density at radius 3 is 2.30 bits per heavy atom. The first-order chi connectivity index (χ1) is 9.31. The third-order valence-electron chi connectivity index (χ3n) is 3.33. The predicted molar refractivity (Wildman–Crippen MR) is 78.2 cm³/mol. The Morgan fingerprint density at radius 2 is 1.85 bits per heavy atom. The number of carbonyl (C=O) groups excluding carboxylic acids is 1. The number of sulfone groups is 1. The first kappa shape index (κ1) is 16.7. The van der Waals surface area contributed by atoms with Crippen LogP contribution in [0.2, 0.25) is 0 Å². The van der Waals surface area contributed by atoms with Gasteiger partial charge in [0.05, 0.1) is 12.4 Å². The minimum Gasteiger partial charge on any atom is -0.468 e. The van der Waals surface area contributed by atoms with Crippen LogP contribution in [-0.4, -0.2) is 39.5 Å². The lowest BCUT2D eigenvalue weighted by Gasteiger charge is -2.23. The Balaban J connectivity index is 3.00. The molecule has 0 aliphatic heterocycles. The van der Waals surface area contributed by atoms with Crippen molar-refractivity contribution in [2.24, 2.45) is 0 Å². The molecule has 0 saturated carbocycles. The molecule has 0 fully saturated rings. The van der Waals surface area contributed by atoms with E-state index in [1.165, 1.54) is 7.11 Å². The number of carbonyl (C=O) groups is 1. The van der Waals surface area contributed by atoms with Gasteiger partial charge in [0, 0.05) is 6.04 Å². The van der Waals surface area contributed by atoms with Gasteiger partial charge in [-0.1, -0.05) is 29.8 Å². The highest BCUT2D eigenvalue weighted by molar-refractivity contribution is 7.92. The van der Waals surface area contributed by atoms with Crippen molar-refractivity contribution in [2.45, 2.75) is 25.1 Å². The molecule has 20 heavy (non-hydrogen) atoms. The van der Waals surface area contributed by atoms with Crippen molar-refractivity contribution in [1.82, 2.24) is 5.32 Å². The van der Waals surface area contributed by atoms with E-state index in [4.69, 9.17) is 0 Å². The van der Waals surface area contributed by atoms with Gasteiger partial charge >= 0.3 is 5.97 Å². The summed E-state index contributed by atoms with van der Waals surface area (Å²) in [5.41, 5.74) is 1.98. The fourth-order valence-corrected chi connectivity index (χ4v) is 3.43. The maximum atomic E-state index is 12.2. The van der Waals surface area contributed by atoms with Crippen molar-refractivity contribution in [2.75, 3.05) is 19.9 Å². The fourth-order valence-electron chi connectivity index (χ4n) is 2.01. The second-order valence-electron chi connectivity index (χ2n) is 4.77. The molecule has 0 spiro atoms. The number of aryl methyl sites for hydroxylation is 1. The van der Waals surface area contributed by atoms with Crippen LogP contribution in [-0.2, 0) is 19.4 Å². The second-order valence-corrected chi connectivity index (χ2v) is 7.12. The van der Waals surface area contributed by atoms with Gasteiger partial charge in [-0.2, -0.15) is 0 Å². The standard InChI is InChI=1S/C14H21NO4S/c1-10-5-7-12(8-6-10)14(15-3)11(2)20(17,18)9-13(16)19-4/h5-8,11,14-15H,9H2,1-4H3. The summed E-state index contributed by atoms with van der Waals surface area (Å²) < 4.78 is 28.8. The number of esters is 1. The quantitative estimate of drug-likeness (QED) is 0.800. The van der Waals surface area contributed by atoms with Crippen LogP contribution >= 0.6 is 0 Å². The summed E-state index contributed by atoms with van der Waals surface area (Å²) in [5, 5.41) is 2.28. The number of rotatable bonds is 6. The lowest BCUT2D eigenvalue weighted by atomic mass is 10.0. The molecule has 0 aromatic heterocycles. The van der Waals surface area contributed by atoms with Crippen molar-refractivity contribution in [3.05, 3.63) is 35.4 Å². The molecule has 0 bridgehead atoms. The van der Waals surface area contributed by atoms with Crippen molar-refractivity contribution in [3.63, 3.8) is 0 Å². The van der Waals surface area contributed by atoms with Crippen LogP contribution in [0.15, 0.2) is 24.3 Å². The molecule has 0 aliphatic carbocycles. The summed E-state index contributed by atoms with van der Waals surface area (Å²) in [6, 6.07) is 7.27. The van der Waals surface area contributed by atoms with E-state index in [0.717, 1.165) is 11.1 Å². The zero-order chi connectivity index (χ0) is 15.3. The van der Waals surface area contributed by atoms with Gasteiger partial charge in [0.2, 0.25) is 0 Å². The largest absolute Gasteiger partial charge is 0.468 e. The van der Waals surface area contributed by atoms with Crippen LogP contribution in [0.1, 0.15) is 24.1 Å². The highest BCUT2D eigenvalue weighted by Crippen LogP contribution is 2.23. The van der Waals surface area contributed by atoms with E-state index in [1.54, 1.807) is 14.0 Å². The van der Waals surface area contributed by atoms with Gasteiger partial charge in [-0.25, -0.2) is 8.42 Å².